The van der Waals surface area contributed by atoms with Crippen molar-refractivity contribution in [3.05, 3.63) is 63.9 Å². The molecular formula is C19H14N4. The number of nitrogens with two attached hydrogens (primary N) is 1. The van der Waals surface area contributed by atoms with E-state index in [0.29, 0.717) is 16.8 Å². The number of nitrogens with zero attached hydrogens (tertiary/aromatic N) is 3. The summed E-state index contributed by atoms with van der Waals surface area (Å²) in [5, 5.41) is 18.8. The van der Waals surface area contributed by atoms with Crippen LogP contribution in [0.15, 0.2) is 35.9 Å². The van der Waals surface area contributed by atoms with Crippen molar-refractivity contribution < 1.29 is 0 Å². The third kappa shape index (κ3) is 2.18. The smallest absolute Gasteiger partial charge is 0.142 e. The number of aromatic nitrogens is 1. The Morgan fingerprint density at radius 3 is 2.39 bits per heavy atom. The molecular weight excluding hydrogens is 284 g/mol. The maximum absolute atomic E-state index is 9.49. The summed E-state index contributed by atoms with van der Waals surface area (Å²) in [5.74, 6) is 0.172. The van der Waals surface area contributed by atoms with Crippen LogP contribution in [0.4, 0.5) is 5.82 Å². The van der Waals surface area contributed by atoms with Gasteiger partial charge >= 0.3 is 0 Å². The van der Waals surface area contributed by atoms with Crippen molar-refractivity contribution in [1.29, 1.82) is 10.5 Å². The fourth-order valence-electron chi connectivity index (χ4n) is 2.91. The van der Waals surface area contributed by atoms with Crippen molar-refractivity contribution in [3.8, 4) is 12.1 Å². The Morgan fingerprint density at radius 1 is 1.09 bits per heavy atom. The Hall–Kier alpha value is -3.37. The average Bonchev–Trinajstić information content (AvgIpc) is 2.80. The fraction of sp³-hybridized carbons (Fsp3) is 0.105. The predicted molar refractivity (Wildman–Crippen MR) is 90.6 cm³/mol. The molecule has 1 heterocycles. The van der Waals surface area contributed by atoms with E-state index in [1.165, 1.54) is 0 Å². The first kappa shape index (κ1) is 14.6. The number of allylic oxidation sites excluding steroid dienone is 3. The molecule has 0 bridgehead atoms. The van der Waals surface area contributed by atoms with Crippen molar-refractivity contribution in [1.82, 2.24) is 4.98 Å². The van der Waals surface area contributed by atoms with Gasteiger partial charge in [0.25, 0.3) is 0 Å². The van der Waals surface area contributed by atoms with Crippen LogP contribution in [-0.2, 0) is 0 Å². The van der Waals surface area contributed by atoms with Gasteiger partial charge in [-0.05, 0) is 42.2 Å². The summed E-state index contributed by atoms with van der Waals surface area (Å²) in [6.45, 7) is 3.75. The Labute approximate surface area is 134 Å². The number of fused-ring (bicyclic) bond motifs is 1. The van der Waals surface area contributed by atoms with Gasteiger partial charge in [0.05, 0.1) is 16.8 Å². The molecule has 0 saturated heterocycles. The van der Waals surface area contributed by atoms with E-state index in [9.17, 15) is 10.5 Å². The number of anilines is 1. The minimum absolute atomic E-state index is 0.172. The molecule has 3 rings (SSSR count). The third-order valence-corrected chi connectivity index (χ3v) is 4.09. The molecule has 2 aromatic rings. The molecule has 4 heteroatoms. The van der Waals surface area contributed by atoms with Gasteiger partial charge in [-0.3, -0.25) is 0 Å². The van der Waals surface area contributed by atoms with E-state index >= 15 is 0 Å². The van der Waals surface area contributed by atoms with Crippen LogP contribution in [0.25, 0.3) is 17.2 Å². The molecule has 2 N–H and O–H groups in total. The maximum atomic E-state index is 9.49. The normalized spacial score (nSPS) is 14.5. The maximum Gasteiger partial charge on any atom is 0.142 e. The monoisotopic (exact) mass is 298 g/mol. The molecule has 0 saturated carbocycles. The highest BCUT2D eigenvalue weighted by atomic mass is 14.9. The van der Waals surface area contributed by atoms with Crippen LogP contribution < -0.4 is 5.73 Å². The number of rotatable bonds is 1. The minimum Gasteiger partial charge on any atom is -0.383 e. The molecule has 0 fully saturated rings. The molecule has 0 aliphatic heterocycles. The van der Waals surface area contributed by atoms with Crippen LogP contribution in [0.1, 0.15) is 34.9 Å². The summed E-state index contributed by atoms with van der Waals surface area (Å²) in [7, 11) is 0. The van der Waals surface area contributed by atoms with Gasteiger partial charge in [0.15, 0.2) is 0 Å². The highest BCUT2D eigenvalue weighted by Gasteiger charge is 2.29. The van der Waals surface area contributed by atoms with Crippen molar-refractivity contribution in [3.63, 3.8) is 0 Å². The second kappa shape index (κ2) is 5.44. The molecule has 0 spiro atoms. The van der Waals surface area contributed by atoms with Gasteiger partial charge in [0.1, 0.15) is 18.0 Å². The lowest BCUT2D eigenvalue weighted by atomic mass is 9.95. The molecule has 0 radical (unpaired) electrons. The number of hydrogen-bond acceptors (Lipinski definition) is 4. The lowest BCUT2D eigenvalue weighted by Crippen LogP contribution is -2.03. The standard InChI is InChI=1S/C19H14N4/c1-11-14(8-13-6-4-3-5-7-13)17-12(2)16(10-21)19(22)23-18(17)15(11)9-20/h3-8H,1-2H3,(H2,22,23). The molecule has 1 aromatic heterocycles. The SMILES string of the molecule is CC1=C(C#N)c2nc(N)c(C#N)c(C)c2C1=Cc1ccccc1. The zero-order valence-corrected chi connectivity index (χ0v) is 12.9. The van der Waals surface area contributed by atoms with Crippen LogP contribution in [-0.4, -0.2) is 4.98 Å². The van der Waals surface area contributed by atoms with Crippen molar-refractivity contribution in [2.45, 2.75) is 13.8 Å². The molecule has 1 aliphatic carbocycles. The Morgan fingerprint density at radius 2 is 1.78 bits per heavy atom. The van der Waals surface area contributed by atoms with Crippen LogP contribution >= 0.6 is 0 Å². The van der Waals surface area contributed by atoms with Crippen LogP contribution in [0, 0.1) is 29.6 Å². The molecule has 23 heavy (non-hydrogen) atoms. The summed E-state index contributed by atoms with van der Waals surface area (Å²) < 4.78 is 0. The molecule has 1 aromatic carbocycles. The first-order chi connectivity index (χ1) is 11.1. The Bertz CT molecular complexity index is 952. The quantitative estimate of drug-likeness (QED) is 0.869. The number of nitriles is 2. The lowest BCUT2D eigenvalue weighted by molar-refractivity contribution is 1.22. The number of pyridine rings is 1. The second-order valence-electron chi connectivity index (χ2n) is 5.41. The largest absolute Gasteiger partial charge is 0.383 e. The lowest BCUT2D eigenvalue weighted by Gasteiger charge is -2.10. The summed E-state index contributed by atoms with van der Waals surface area (Å²) in [4.78, 5) is 4.31. The first-order valence-electron chi connectivity index (χ1n) is 7.17. The highest BCUT2D eigenvalue weighted by molar-refractivity contribution is 6.08. The van der Waals surface area contributed by atoms with E-state index in [1.54, 1.807) is 0 Å². The van der Waals surface area contributed by atoms with Gasteiger partial charge in [-0.15, -0.1) is 0 Å². The number of nitrogen functional groups attached to an aromatic ring is 1. The first-order valence-corrected chi connectivity index (χ1v) is 7.17. The second-order valence-corrected chi connectivity index (χ2v) is 5.41. The van der Waals surface area contributed by atoms with Gasteiger partial charge in [-0.2, -0.15) is 10.5 Å². The topological polar surface area (TPSA) is 86.5 Å². The molecule has 4 nitrogen and oxygen atoms in total. The van der Waals surface area contributed by atoms with E-state index in [4.69, 9.17) is 5.73 Å². The van der Waals surface area contributed by atoms with Crippen molar-refractivity contribution in [2.75, 3.05) is 5.73 Å². The van der Waals surface area contributed by atoms with Crippen molar-refractivity contribution >= 4 is 23.0 Å². The molecule has 110 valence electrons. The van der Waals surface area contributed by atoms with Gasteiger partial charge in [0.2, 0.25) is 0 Å². The minimum atomic E-state index is 0.172. The zero-order chi connectivity index (χ0) is 16.6. The van der Waals surface area contributed by atoms with E-state index in [0.717, 1.165) is 27.8 Å². The summed E-state index contributed by atoms with van der Waals surface area (Å²) in [6, 6.07) is 14.2. The van der Waals surface area contributed by atoms with E-state index in [-0.39, 0.29) is 5.82 Å². The Balaban J connectivity index is 2.35. The average molecular weight is 298 g/mol. The molecule has 0 atom stereocenters. The highest BCUT2D eigenvalue weighted by Crippen LogP contribution is 2.44. The van der Waals surface area contributed by atoms with E-state index < -0.39 is 0 Å². The van der Waals surface area contributed by atoms with Crippen LogP contribution in [0.3, 0.4) is 0 Å². The summed E-state index contributed by atoms with van der Waals surface area (Å²) >= 11 is 0. The zero-order valence-electron chi connectivity index (χ0n) is 12.9. The van der Waals surface area contributed by atoms with Crippen molar-refractivity contribution in [2.24, 2.45) is 0 Å². The van der Waals surface area contributed by atoms with E-state index in [1.807, 2.05) is 50.3 Å². The molecule has 0 amide bonds. The van der Waals surface area contributed by atoms with Crippen LogP contribution in [0.5, 0.6) is 0 Å². The van der Waals surface area contributed by atoms with Gasteiger partial charge in [-0.25, -0.2) is 4.98 Å². The summed E-state index contributed by atoms with van der Waals surface area (Å²) in [6.07, 6.45) is 2.02. The number of benzene rings is 1. The molecule has 0 unspecified atom stereocenters. The third-order valence-electron chi connectivity index (χ3n) is 4.09. The van der Waals surface area contributed by atoms with Crippen LogP contribution in [0.2, 0.25) is 0 Å². The summed E-state index contributed by atoms with van der Waals surface area (Å²) in [5.41, 5.74) is 11.7. The van der Waals surface area contributed by atoms with E-state index in [2.05, 4.69) is 17.1 Å². The number of hydrogen-bond donors (Lipinski definition) is 1. The van der Waals surface area contributed by atoms with Gasteiger partial charge < -0.3 is 5.73 Å². The van der Waals surface area contributed by atoms with Gasteiger partial charge in [0, 0.05) is 5.56 Å². The predicted octanol–water partition coefficient (Wildman–Crippen LogP) is 3.70. The fourth-order valence-corrected chi connectivity index (χ4v) is 2.91. The molecule has 1 aliphatic rings. The van der Waals surface area contributed by atoms with Gasteiger partial charge in [-0.1, -0.05) is 30.3 Å². The Kier molecular flexibility index (Phi) is 3.44.